The van der Waals surface area contributed by atoms with Gasteiger partial charge in [-0.2, -0.15) is 0 Å². The van der Waals surface area contributed by atoms with E-state index in [1.165, 1.54) is 75.3 Å². The average Bonchev–Trinajstić information content (AvgIpc) is 3.60. The summed E-state index contributed by atoms with van der Waals surface area (Å²) in [6.07, 6.45) is 0. The number of nitrogens with zero attached hydrogens (tertiary/aromatic N) is 2. The molecule has 1 aromatic heterocycles. The van der Waals surface area contributed by atoms with Crippen molar-refractivity contribution in [2.24, 2.45) is 0 Å². The molecule has 3 heteroatoms. The summed E-state index contributed by atoms with van der Waals surface area (Å²) in [5, 5.41) is 7.66. The van der Waals surface area contributed by atoms with Crippen LogP contribution in [0.15, 0.2) is 194 Å². The van der Waals surface area contributed by atoms with E-state index in [2.05, 4.69) is 204 Å². The topological polar surface area (TPSA) is 6.48 Å². The minimum Gasteiger partial charge on any atom is -0.310 e. The van der Waals surface area contributed by atoms with Gasteiger partial charge < -0.3 is 9.80 Å². The first-order valence-electron chi connectivity index (χ1n) is 18.1. The van der Waals surface area contributed by atoms with Crippen LogP contribution < -0.4 is 9.80 Å². The normalized spacial score (nSPS) is 12.1. The highest BCUT2D eigenvalue weighted by Gasteiger charge is 2.27. The van der Waals surface area contributed by atoms with Gasteiger partial charge in [-0.15, -0.1) is 11.3 Å². The Morgan fingerprint density at radius 2 is 1.04 bits per heavy atom. The lowest BCUT2D eigenvalue weighted by atomic mass is 9.87. The molecule has 248 valence electrons. The largest absolute Gasteiger partial charge is 0.310 e. The highest BCUT2D eigenvalue weighted by molar-refractivity contribution is 7.25. The van der Waals surface area contributed by atoms with Crippen molar-refractivity contribution in [3.05, 3.63) is 194 Å². The molecule has 0 saturated carbocycles. The fraction of sp³-hybridized carbons (Fsp3) is 0. The molecule has 0 N–H and O–H groups in total. The van der Waals surface area contributed by atoms with E-state index in [-0.39, 0.29) is 0 Å². The fourth-order valence-electron chi connectivity index (χ4n) is 8.34. The molecule has 2 nitrogen and oxygen atoms in total. The van der Waals surface area contributed by atoms with Crippen molar-refractivity contribution >= 4 is 87.2 Å². The third kappa shape index (κ3) is 4.78. The van der Waals surface area contributed by atoms with Gasteiger partial charge in [-0.25, -0.2) is 0 Å². The number of thiophene rings is 1. The lowest BCUT2D eigenvalue weighted by molar-refractivity contribution is 1.26. The molecule has 0 radical (unpaired) electrons. The van der Waals surface area contributed by atoms with E-state index in [4.69, 9.17) is 0 Å². The Labute approximate surface area is 312 Å². The van der Waals surface area contributed by atoms with Crippen molar-refractivity contribution in [3.63, 3.8) is 0 Å². The Balaban J connectivity index is 1.07. The zero-order chi connectivity index (χ0) is 34.9. The fourth-order valence-corrected chi connectivity index (χ4v) is 9.42. The van der Waals surface area contributed by atoms with E-state index in [1.807, 2.05) is 11.3 Å². The molecule has 0 saturated heterocycles. The minimum absolute atomic E-state index is 1.11. The Kier molecular flexibility index (Phi) is 6.76. The standard InChI is InChI=1S/C50H32N2S/c1-2-10-33(11-3-1)34-20-23-37(24-21-34)51(40-29-31-48-44(32-40)42-16-6-7-19-47(42)53-48)38-25-27-39(28-26-38)52-45-18-9-14-36-13-8-17-43(49(36)45)50-41-15-5-4-12-35(41)22-30-46(50)52/h1-32H. The number of hydrogen-bond donors (Lipinski definition) is 0. The predicted molar refractivity (Wildman–Crippen MR) is 228 cm³/mol. The van der Waals surface area contributed by atoms with E-state index in [9.17, 15) is 0 Å². The molecule has 10 aromatic rings. The molecule has 11 rings (SSSR count). The third-order valence-corrected chi connectivity index (χ3v) is 11.9. The Morgan fingerprint density at radius 1 is 0.396 bits per heavy atom. The first-order chi connectivity index (χ1) is 26.3. The maximum atomic E-state index is 2.45. The second-order valence-electron chi connectivity index (χ2n) is 13.7. The smallest absolute Gasteiger partial charge is 0.0547 e. The maximum Gasteiger partial charge on any atom is 0.0547 e. The van der Waals surface area contributed by atoms with Gasteiger partial charge in [0.2, 0.25) is 0 Å². The first kappa shape index (κ1) is 30.0. The van der Waals surface area contributed by atoms with Crippen molar-refractivity contribution < 1.29 is 0 Å². The minimum atomic E-state index is 1.11. The van der Waals surface area contributed by atoms with Crippen LogP contribution in [-0.2, 0) is 0 Å². The predicted octanol–water partition coefficient (Wildman–Crippen LogP) is 14.9. The highest BCUT2D eigenvalue weighted by Crippen LogP contribution is 2.53. The van der Waals surface area contributed by atoms with E-state index in [1.54, 1.807) is 0 Å². The van der Waals surface area contributed by atoms with E-state index in [0.29, 0.717) is 0 Å². The van der Waals surface area contributed by atoms with Crippen molar-refractivity contribution in [2.45, 2.75) is 0 Å². The van der Waals surface area contributed by atoms with E-state index < -0.39 is 0 Å². The van der Waals surface area contributed by atoms with Crippen LogP contribution in [0.4, 0.5) is 34.1 Å². The van der Waals surface area contributed by atoms with Crippen molar-refractivity contribution in [2.75, 3.05) is 9.80 Å². The van der Waals surface area contributed by atoms with Gasteiger partial charge >= 0.3 is 0 Å². The summed E-state index contributed by atoms with van der Waals surface area (Å²) in [4.78, 5) is 4.83. The monoisotopic (exact) mass is 692 g/mol. The lowest BCUT2D eigenvalue weighted by Gasteiger charge is -2.34. The number of benzene rings is 9. The van der Waals surface area contributed by atoms with Gasteiger partial charge in [0.1, 0.15) is 0 Å². The zero-order valence-electron chi connectivity index (χ0n) is 28.8. The van der Waals surface area contributed by atoms with Crippen molar-refractivity contribution in [1.82, 2.24) is 0 Å². The third-order valence-electron chi connectivity index (χ3n) is 10.8. The molecule has 53 heavy (non-hydrogen) atoms. The number of anilines is 6. The Morgan fingerprint density at radius 3 is 1.87 bits per heavy atom. The van der Waals surface area contributed by atoms with Gasteiger partial charge in [0, 0.05) is 53.9 Å². The number of fused-ring (bicyclic) bond motifs is 7. The van der Waals surface area contributed by atoms with Crippen LogP contribution in [0.25, 0.3) is 64.0 Å². The average molecular weight is 693 g/mol. The lowest BCUT2D eigenvalue weighted by Crippen LogP contribution is -2.15. The quantitative estimate of drug-likeness (QED) is 0.177. The van der Waals surface area contributed by atoms with Crippen LogP contribution in [-0.4, -0.2) is 0 Å². The summed E-state index contributed by atoms with van der Waals surface area (Å²) in [6.45, 7) is 0. The van der Waals surface area contributed by atoms with E-state index in [0.717, 1.165) is 22.7 Å². The van der Waals surface area contributed by atoms with Crippen molar-refractivity contribution in [1.29, 1.82) is 0 Å². The summed E-state index contributed by atoms with van der Waals surface area (Å²) in [6, 6.07) is 71.0. The summed E-state index contributed by atoms with van der Waals surface area (Å²) < 4.78 is 2.62. The summed E-state index contributed by atoms with van der Waals surface area (Å²) in [5.41, 5.74) is 11.9. The molecule has 0 aliphatic carbocycles. The summed E-state index contributed by atoms with van der Waals surface area (Å²) in [5.74, 6) is 0. The summed E-state index contributed by atoms with van der Waals surface area (Å²) >= 11 is 1.86. The molecule has 0 bridgehead atoms. The molecule has 0 unspecified atom stereocenters. The number of rotatable bonds is 5. The molecule has 0 atom stereocenters. The Bertz CT molecular complexity index is 2990. The second kappa shape index (κ2) is 11.9. The second-order valence-corrected chi connectivity index (χ2v) is 14.8. The SMILES string of the molecule is c1ccc(-c2ccc(N(c3ccc(N4c5ccc6ccccc6c5-c5cccc6cccc4c56)cc3)c3ccc4sc5ccccc5c4c3)cc2)cc1. The van der Waals surface area contributed by atoms with Crippen LogP contribution in [0, 0.1) is 0 Å². The van der Waals surface area contributed by atoms with E-state index >= 15 is 0 Å². The van der Waals surface area contributed by atoms with Gasteiger partial charge in [-0.1, -0.05) is 121 Å². The zero-order valence-corrected chi connectivity index (χ0v) is 29.6. The van der Waals surface area contributed by atoms with Crippen LogP contribution in [0.5, 0.6) is 0 Å². The van der Waals surface area contributed by atoms with Crippen LogP contribution in [0.1, 0.15) is 0 Å². The van der Waals surface area contributed by atoms with Gasteiger partial charge in [0.05, 0.1) is 11.4 Å². The first-order valence-corrected chi connectivity index (χ1v) is 18.9. The molecule has 0 spiro atoms. The van der Waals surface area contributed by atoms with Crippen LogP contribution >= 0.6 is 11.3 Å². The molecular formula is C50H32N2S. The van der Waals surface area contributed by atoms with Gasteiger partial charge in [-0.3, -0.25) is 0 Å². The molecule has 1 aliphatic heterocycles. The molecule has 1 aliphatic rings. The molecular weight excluding hydrogens is 661 g/mol. The van der Waals surface area contributed by atoms with Gasteiger partial charge in [0.15, 0.2) is 0 Å². The van der Waals surface area contributed by atoms with Gasteiger partial charge in [-0.05, 0) is 106 Å². The molecule has 0 amide bonds. The maximum absolute atomic E-state index is 2.45. The van der Waals surface area contributed by atoms with Gasteiger partial charge in [0.25, 0.3) is 0 Å². The highest BCUT2D eigenvalue weighted by atomic mass is 32.1. The van der Waals surface area contributed by atoms with Crippen molar-refractivity contribution in [3.8, 4) is 22.3 Å². The number of hydrogen-bond acceptors (Lipinski definition) is 3. The Hall–Kier alpha value is -6.68. The summed E-state index contributed by atoms with van der Waals surface area (Å²) in [7, 11) is 0. The van der Waals surface area contributed by atoms with Crippen LogP contribution in [0.2, 0.25) is 0 Å². The van der Waals surface area contributed by atoms with Crippen LogP contribution in [0.3, 0.4) is 0 Å². The molecule has 0 fully saturated rings. The molecule has 9 aromatic carbocycles. The molecule has 2 heterocycles.